The van der Waals surface area contributed by atoms with Crippen LogP contribution in [0.5, 0.6) is 0 Å². The standard InChI is InChI=1S/C17H13FN4O/c1-10-7-8-12(18)15(9-10)22-17(23)16-11(2)19-13-5-3-4-6-14(13)21(16)20-22/h3-9H,1-2H3/p+1. The molecule has 0 spiro atoms. The Balaban J connectivity index is 2.16. The van der Waals surface area contributed by atoms with E-state index in [2.05, 4.69) is 10.2 Å². The highest BCUT2D eigenvalue weighted by Gasteiger charge is 2.24. The number of aromatic nitrogens is 4. The molecule has 0 radical (unpaired) electrons. The van der Waals surface area contributed by atoms with Crippen molar-refractivity contribution in [2.75, 3.05) is 0 Å². The summed E-state index contributed by atoms with van der Waals surface area (Å²) in [5.74, 6) is -0.459. The molecule has 0 fully saturated rings. The van der Waals surface area contributed by atoms with Crippen molar-refractivity contribution < 1.29 is 8.91 Å². The van der Waals surface area contributed by atoms with Crippen LogP contribution in [0.3, 0.4) is 0 Å². The van der Waals surface area contributed by atoms with E-state index in [0.717, 1.165) is 16.6 Å². The molecule has 0 unspecified atom stereocenters. The van der Waals surface area contributed by atoms with Crippen LogP contribution in [0.1, 0.15) is 11.3 Å². The van der Waals surface area contributed by atoms with Gasteiger partial charge in [0.15, 0.2) is 17.0 Å². The fourth-order valence-corrected chi connectivity index (χ4v) is 2.83. The predicted molar refractivity (Wildman–Crippen MR) is 84.3 cm³/mol. The van der Waals surface area contributed by atoms with E-state index in [9.17, 15) is 9.18 Å². The molecule has 2 aromatic carbocycles. The minimum Gasteiger partial charge on any atom is -0.244 e. The van der Waals surface area contributed by atoms with E-state index in [1.165, 1.54) is 10.7 Å². The van der Waals surface area contributed by atoms with E-state index >= 15 is 0 Å². The number of nitrogens with zero attached hydrogens (tertiary/aromatic N) is 3. The first-order valence-corrected chi connectivity index (χ1v) is 7.25. The molecule has 2 heterocycles. The molecule has 114 valence electrons. The first-order valence-electron chi connectivity index (χ1n) is 7.25. The van der Waals surface area contributed by atoms with E-state index in [4.69, 9.17) is 0 Å². The van der Waals surface area contributed by atoms with Gasteiger partial charge in [-0.2, -0.15) is 0 Å². The van der Waals surface area contributed by atoms with Gasteiger partial charge in [-0.3, -0.25) is 0 Å². The number of hydrogen-bond acceptors (Lipinski definition) is 2. The zero-order valence-electron chi connectivity index (χ0n) is 12.7. The molecule has 0 saturated carbocycles. The van der Waals surface area contributed by atoms with Gasteiger partial charge in [0.2, 0.25) is 0 Å². The zero-order valence-corrected chi connectivity index (χ0v) is 12.7. The van der Waals surface area contributed by atoms with Gasteiger partial charge in [-0.1, -0.05) is 28.1 Å². The smallest absolute Gasteiger partial charge is 0.244 e. The van der Waals surface area contributed by atoms with Gasteiger partial charge in [-0.25, -0.2) is 14.2 Å². The molecule has 0 amide bonds. The molecule has 4 rings (SSSR count). The lowest BCUT2D eigenvalue weighted by molar-refractivity contribution is -0.556. The van der Waals surface area contributed by atoms with Crippen molar-refractivity contribution in [1.29, 1.82) is 0 Å². The number of para-hydroxylation sites is 2. The van der Waals surface area contributed by atoms with Crippen molar-refractivity contribution in [3.63, 3.8) is 0 Å². The van der Waals surface area contributed by atoms with Crippen LogP contribution < -0.4 is 10.1 Å². The largest absolute Gasteiger partial charge is 0.408 e. The summed E-state index contributed by atoms with van der Waals surface area (Å²) in [6.45, 7) is 3.62. The Kier molecular flexibility index (Phi) is 2.81. The summed E-state index contributed by atoms with van der Waals surface area (Å²) in [4.78, 5) is 17.2. The highest BCUT2D eigenvalue weighted by Crippen LogP contribution is 2.14. The Hall–Kier alpha value is -3.02. The lowest BCUT2D eigenvalue weighted by Crippen LogP contribution is -2.27. The molecule has 0 saturated heterocycles. The van der Waals surface area contributed by atoms with Gasteiger partial charge in [0.1, 0.15) is 5.52 Å². The first kappa shape index (κ1) is 13.6. The minimum atomic E-state index is -0.459. The quantitative estimate of drug-likeness (QED) is 0.548. The highest BCUT2D eigenvalue weighted by molar-refractivity contribution is 5.72. The van der Waals surface area contributed by atoms with Crippen LogP contribution in [-0.4, -0.2) is 14.9 Å². The summed E-state index contributed by atoms with van der Waals surface area (Å²) in [5.41, 5.74) is 3.27. The molecule has 0 aliphatic heterocycles. The predicted octanol–water partition coefficient (Wildman–Crippen LogP) is 2.21. The summed E-state index contributed by atoms with van der Waals surface area (Å²) < 4.78 is 17.0. The van der Waals surface area contributed by atoms with E-state index in [1.54, 1.807) is 23.6 Å². The van der Waals surface area contributed by atoms with Gasteiger partial charge in [0.25, 0.3) is 5.52 Å². The third-order valence-corrected chi connectivity index (χ3v) is 3.93. The van der Waals surface area contributed by atoms with E-state index < -0.39 is 5.82 Å². The van der Waals surface area contributed by atoms with Gasteiger partial charge in [-0.15, -0.1) is 4.52 Å². The number of aromatic amines is 1. The van der Waals surface area contributed by atoms with E-state index in [0.29, 0.717) is 11.2 Å². The summed E-state index contributed by atoms with van der Waals surface area (Å²) >= 11 is 0. The molecule has 2 aromatic heterocycles. The fourth-order valence-electron chi connectivity index (χ4n) is 2.83. The molecule has 5 nitrogen and oxygen atoms in total. The number of benzene rings is 2. The molecule has 0 bridgehead atoms. The van der Waals surface area contributed by atoms with Gasteiger partial charge >= 0.3 is 5.56 Å². The fraction of sp³-hybridized carbons (Fsp3) is 0.118. The molecule has 23 heavy (non-hydrogen) atoms. The summed E-state index contributed by atoms with van der Waals surface area (Å²) in [6, 6.07) is 12.2. The molecule has 0 atom stereocenters. The lowest BCUT2D eigenvalue weighted by atomic mass is 10.2. The van der Waals surface area contributed by atoms with Crippen LogP contribution >= 0.6 is 0 Å². The van der Waals surface area contributed by atoms with Crippen molar-refractivity contribution in [2.45, 2.75) is 13.8 Å². The molecule has 4 aromatic rings. The number of rotatable bonds is 1. The maximum atomic E-state index is 14.2. The van der Waals surface area contributed by atoms with Crippen LogP contribution in [-0.2, 0) is 0 Å². The van der Waals surface area contributed by atoms with Crippen molar-refractivity contribution in [2.24, 2.45) is 0 Å². The van der Waals surface area contributed by atoms with Crippen molar-refractivity contribution >= 4 is 16.6 Å². The Morgan fingerprint density at radius 2 is 1.96 bits per heavy atom. The number of halogens is 1. The van der Waals surface area contributed by atoms with Gasteiger partial charge in [-0.05, 0) is 43.7 Å². The molecule has 1 N–H and O–H groups in total. The molecule has 0 aliphatic carbocycles. The van der Waals surface area contributed by atoms with E-state index in [-0.39, 0.29) is 11.2 Å². The third-order valence-electron chi connectivity index (χ3n) is 3.93. The van der Waals surface area contributed by atoms with Crippen LogP contribution in [0.2, 0.25) is 0 Å². The zero-order chi connectivity index (χ0) is 16.1. The SMILES string of the molecule is Cc1ccc(F)c(-n2[nH][n+]3c(c(C)nc4ccccc43)c2=O)c1. The Morgan fingerprint density at radius 1 is 1.17 bits per heavy atom. The number of aryl methyl sites for hydroxylation is 2. The number of fused-ring (bicyclic) bond motifs is 3. The molecular weight excluding hydrogens is 295 g/mol. The second-order valence-electron chi connectivity index (χ2n) is 5.57. The number of hydrogen-bond donors (Lipinski definition) is 1. The average molecular weight is 309 g/mol. The van der Waals surface area contributed by atoms with Crippen LogP contribution in [0.4, 0.5) is 4.39 Å². The summed E-state index contributed by atoms with van der Waals surface area (Å²) in [6.07, 6.45) is 0. The molecule has 0 aliphatic rings. The van der Waals surface area contributed by atoms with Crippen LogP contribution in [0.15, 0.2) is 47.3 Å². The number of H-pyrrole nitrogens is 1. The Morgan fingerprint density at radius 3 is 2.78 bits per heavy atom. The monoisotopic (exact) mass is 309 g/mol. The van der Waals surface area contributed by atoms with Crippen LogP contribution in [0, 0.1) is 19.7 Å². The van der Waals surface area contributed by atoms with E-state index in [1.807, 2.05) is 31.2 Å². The maximum absolute atomic E-state index is 14.2. The Labute approximate surface area is 130 Å². The second-order valence-corrected chi connectivity index (χ2v) is 5.57. The van der Waals surface area contributed by atoms with Gasteiger partial charge in [0.05, 0.1) is 5.69 Å². The van der Waals surface area contributed by atoms with Crippen molar-refractivity contribution in [1.82, 2.24) is 14.9 Å². The van der Waals surface area contributed by atoms with Crippen molar-refractivity contribution in [3.05, 3.63) is 69.9 Å². The van der Waals surface area contributed by atoms with Crippen molar-refractivity contribution in [3.8, 4) is 5.69 Å². The summed E-state index contributed by atoms with van der Waals surface area (Å²) in [7, 11) is 0. The normalized spacial score (nSPS) is 11.4. The van der Waals surface area contributed by atoms with Crippen LogP contribution in [0.25, 0.3) is 22.2 Å². The molecule has 6 heteroatoms. The average Bonchev–Trinajstić information content (AvgIpc) is 2.88. The third kappa shape index (κ3) is 1.95. The first-order chi connectivity index (χ1) is 11.1. The molecular formula is C17H14FN4O+. The summed E-state index contributed by atoms with van der Waals surface area (Å²) in [5, 5.41) is 2.97. The van der Waals surface area contributed by atoms with Gasteiger partial charge in [0, 0.05) is 0 Å². The minimum absolute atomic E-state index is 0.196. The second kappa shape index (κ2) is 4.74. The highest BCUT2D eigenvalue weighted by atomic mass is 19.1. The number of nitrogens with one attached hydrogen (secondary N) is 1. The van der Waals surface area contributed by atoms with Gasteiger partial charge < -0.3 is 0 Å². The maximum Gasteiger partial charge on any atom is 0.408 e. The topological polar surface area (TPSA) is 54.8 Å². The Bertz CT molecular complexity index is 1130. The lowest BCUT2D eigenvalue weighted by Gasteiger charge is -1.98.